The van der Waals surface area contributed by atoms with Crippen LogP contribution in [0.15, 0.2) is 22.6 Å². The van der Waals surface area contributed by atoms with Crippen LogP contribution in [-0.4, -0.2) is 0 Å². The van der Waals surface area contributed by atoms with Crippen LogP contribution < -0.4 is 0 Å². The van der Waals surface area contributed by atoms with Gasteiger partial charge in [-0.1, -0.05) is 11.6 Å². The highest BCUT2D eigenvalue weighted by Crippen LogP contribution is 2.39. The molecule has 0 fully saturated rings. The number of halogens is 5. The Morgan fingerprint density at radius 1 is 1.27 bits per heavy atom. The molecule has 15 heavy (non-hydrogen) atoms. The average Bonchev–Trinajstić information content (AvgIpc) is 2.43. The topological polar surface area (TPSA) is 13.1 Å². The molecule has 0 aliphatic rings. The maximum absolute atomic E-state index is 12.5. The zero-order valence-corrected chi connectivity index (χ0v) is 9.94. The van der Waals surface area contributed by atoms with Crippen LogP contribution in [0.1, 0.15) is 5.76 Å². The molecule has 1 heterocycles. The zero-order valence-electron chi connectivity index (χ0n) is 7.03. The minimum atomic E-state index is -4.47. The molecule has 1 aromatic carbocycles. The van der Waals surface area contributed by atoms with E-state index in [1.165, 1.54) is 18.2 Å². The number of hydrogen-bond acceptors (Lipinski definition) is 1. The van der Waals surface area contributed by atoms with Gasteiger partial charge in [-0.3, -0.25) is 0 Å². The lowest BCUT2D eigenvalue weighted by Gasteiger charge is -2.01. The standard InChI is InChI=1S/C9H3ClF3IO/c10-4-1-2-6-5(3-4)7(14)8(15-6)9(11,12)13/h1-3H. The summed E-state index contributed by atoms with van der Waals surface area (Å²) in [5, 5.41) is 0.769. The fourth-order valence-electron chi connectivity index (χ4n) is 1.22. The van der Waals surface area contributed by atoms with Crippen molar-refractivity contribution in [1.29, 1.82) is 0 Å². The zero-order chi connectivity index (χ0) is 11.2. The normalized spacial score (nSPS) is 12.3. The van der Waals surface area contributed by atoms with Gasteiger partial charge >= 0.3 is 6.18 Å². The van der Waals surface area contributed by atoms with Crippen LogP contribution in [0.2, 0.25) is 5.02 Å². The van der Waals surface area contributed by atoms with Crippen molar-refractivity contribution in [3.8, 4) is 0 Å². The lowest BCUT2D eigenvalue weighted by molar-refractivity contribution is -0.153. The highest BCUT2D eigenvalue weighted by Gasteiger charge is 2.38. The fraction of sp³-hybridized carbons (Fsp3) is 0.111. The van der Waals surface area contributed by atoms with E-state index >= 15 is 0 Å². The summed E-state index contributed by atoms with van der Waals surface area (Å²) >= 11 is 7.29. The van der Waals surface area contributed by atoms with Gasteiger partial charge in [0.2, 0.25) is 5.76 Å². The smallest absolute Gasteiger partial charge is 0.450 e. The Morgan fingerprint density at radius 2 is 1.93 bits per heavy atom. The third-order valence-corrected chi connectivity index (χ3v) is 3.15. The van der Waals surface area contributed by atoms with Gasteiger partial charge in [0.05, 0.1) is 3.57 Å². The van der Waals surface area contributed by atoms with Crippen LogP contribution in [0.25, 0.3) is 11.0 Å². The molecule has 2 aromatic rings. The second-order valence-electron chi connectivity index (χ2n) is 2.88. The van der Waals surface area contributed by atoms with Crippen LogP contribution in [0.5, 0.6) is 0 Å². The molecule has 0 bridgehead atoms. The summed E-state index contributed by atoms with van der Waals surface area (Å²) in [5.74, 6) is -0.972. The van der Waals surface area contributed by atoms with Gasteiger partial charge in [0.25, 0.3) is 0 Å². The van der Waals surface area contributed by atoms with Gasteiger partial charge in [-0.25, -0.2) is 0 Å². The average molecular weight is 346 g/mol. The molecular weight excluding hydrogens is 343 g/mol. The fourth-order valence-corrected chi connectivity index (χ4v) is 2.23. The first-order chi connectivity index (χ1) is 6.89. The minimum absolute atomic E-state index is 0.0394. The summed E-state index contributed by atoms with van der Waals surface area (Å²) in [7, 11) is 0. The molecule has 0 saturated carbocycles. The molecule has 1 aromatic heterocycles. The van der Waals surface area contributed by atoms with Crippen LogP contribution in [0.4, 0.5) is 13.2 Å². The van der Waals surface area contributed by atoms with Gasteiger partial charge in [0.1, 0.15) is 5.58 Å². The number of fused-ring (bicyclic) bond motifs is 1. The first kappa shape index (κ1) is 11.1. The molecule has 0 aliphatic carbocycles. The van der Waals surface area contributed by atoms with Crippen LogP contribution in [-0.2, 0) is 6.18 Å². The van der Waals surface area contributed by atoms with E-state index in [4.69, 9.17) is 16.0 Å². The van der Waals surface area contributed by atoms with Crippen molar-refractivity contribution in [2.75, 3.05) is 0 Å². The molecule has 0 saturated heterocycles. The van der Waals surface area contributed by atoms with E-state index in [-0.39, 0.29) is 9.15 Å². The number of hydrogen-bond donors (Lipinski definition) is 0. The quantitative estimate of drug-likeness (QED) is 0.630. The Labute approximate surface area is 101 Å². The number of benzene rings is 1. The lowest BCUT2D eigenvalue weighted by Crippen LogP contribution is -2.04. The summed E-state index contributed by atoms with van der Waals surface area (Å²) in [4.78, 5) is 0. The molecule has 0 atom stereocenters. The predicted octanol–water partition coefficient (Wildman–Crippen LogP) is 4.71. The van der Waals surface area contributed by atoms with Gasteiger partial charge in [0, 0.05) is 10.4 Å². The molecule has 0 N–H and O–H groups in total. The van der Waals surface area contributed by atoms with Gasteiger partial charge in [-0.15, -0.1) is 0 Å². The molecule has 0 aliphatic heterocycles. The Hall–Kier alpha value is -0.430. The third kappa shape index (κ3) is 1.94. The van der Waals surface area contributed by atoms with Crippen molar-refractivity contribution in [2.45, 2.75) is 6.18 Å². The molecule has 0 unspecified atom stereocenters. The number of furan rings is 1. The predicted molar refractivity (Wildman–Crippen MR) is 58.9 cm³/mol. The van der Waals surface area contributed by atoms with E-state index in [9.17, 15) is 13.2 Å². The largest absolute Gasteiger partial charge is 0.450 e. The maximum Gasteiger partial charge on any atom is 0.450 e. The van der Waals surface area contributed by atoms with Crippen molar-refractivity contribution < 1.29 is 17.6 Å². The molecule has 80 valence electrons. The second kappa shape index (κ2) is 3.55. The summed E-state index contributed by atoms with van der Waals surface area (Å²) in [5.41, 5.74) is 0.191. The van der Waals surface area contributed by atoms with Crippen molar-refractivity contribution in [3.05, 3.63) is 32.6 Å². The van der Waals surface area contributed by atoms with E-state index in [1.54, 1.807) is 22.6 Å². The second-order valence-corrected chi connectivity index (χ2v) is 4.40. The summed E-state index contributed by atoms with van der Waals surface area (Å²) in [6, 6.07) is 4.37. The molecular formula is C9H3ClF3IO. The summed E-state index contributed by atoms with van der Waals surface area (Å²) in [6.07, 6.45) is -4.47. The first-order valence-corrected chi connectivity index (χ1v) is 5.30. The van der Waals surface area contributed by atoms with E-state index in [2.05, 4.69) is 0 Å². The summed E-state index contributed by atoms with van der Waals surface area (Å²) < 4.78 is 42.1. The van der Waals surface area contributed by atoms with E-state index in [1.807, 2.05) is 0 Å². The van der Waals surface area contributed by atoms with E-state index in [0.717, 1.165) is 0 Å². The maximum atomic E-state index is 12.5. The summed E-state index contributed by atoms with van der Waals surface area (Å²) in [6.45, 7) is 0. The monoisotopic (exact) mass is 346 g/mol. The molecule has 0 radical (unpaired) electrons. The van der Waals surface area contributed by atoms with Gasteiger partial charge in [-0.05, 0) is 40.8 Å². The Balaban J connectivity index is 2.76. The van der Waals surface area contributed by atoms with Crippen LogP contribution >= 0.6 is 34.2 Å². The molecule has 6 heteroatoms. The molecule has 0 amide bonds. The van der Waals surface area contributed by atoms with Crippen molar-refractivity contribution in [1.82, 2.24) is 0 Å². The van der Waals surface area contributed by atoms with Gasteiger partial charge in [-0.2, -0.15) is 13.2 Å². The van der Waals surface area contributed by atoms with Crippen LogP contribution in [0, 0.1) is 3.57 Å². The van der Waals surface area contributed by atoms with Crippen molar-refractivity contribution in [3.63, 3.8) is 0 Å². The highest BCUT2D eigenvalue weighted by molar-refractivity contribution is 14.1. The highest BCUT2D eigenvalue weighted by atomic mass is 127. The Bertz CT molecular complexity index is 518. The number of alkyl halides is 3. The Kier molecular flexibility index (Phi) is 2.62. The molecule has 1 nitrogen and oxygen atoms in total. The molecule has 0 spiro atoms. The minimum Gasteiger partial charge on any atom is -0.450 e. The third-order valence-electron chi connectivity index (χ3n) is 1.85. The molecule has 2 rings (SSSR count). The number of rotatable bonds is 0. The van der Waals surface area contributed by atoms with E-state index < -0.39 is 11.9 Å². The lowest BCUT2D eigenvalue weighted by atomic mass is 10.2. The van der Waals surface area contributed by atoms with Crippen molar-refractivity contribution >= 4 is 45.2 Å². The van der Waals surface area contributed by atoms with Crippen molar-refractivity contribution in [2.24, 2.45) is 0 Å². The SMILES string of the molecule is FC(F)(F)c1oc2ccc(Cl)cc2c1I. The van der Waals surface area contributed by atoms with Crippen LogP contribution in [0.3, 0.4) is 0 Å². The Morgan fingerprint density at radius 3 is 2.53 bits per heavy atom. The first-order valence-electron chi connectivity index (χ1n) is 3.84. The van der Waals surface area contributed by atoms with Gasteiger partial charge < -0.3 is 4.42 Å². The van der Waals surface area contributed by atoms with Gasteiger partial charge in [0.15, 0.2) is 0 Å². The van der Waals surface area contributed by atoms with E-state index in [0.29, 0.717) is 10.4 Å².